The van der Waals surface area contributed by atoms with E-state index in [1.807, 2.05) is 20.2 Å². The summed E-state index contributed by atoms with van der Waals surface area (Å²) in [7, 11) is 1.82. The number of nitrogens with zero attached hydrogens (tertiary/aromatic N) is 3. The molecule has 5 heteroatoms. The van der Waals surface area contributed by atoms with Crippen molar-refractivity contribution in [1.29, 1.82) is 5.26 Å². The molecule has 0 aliphatic carbocycles. The number of aliphatic hydroxyl groups excluding tert-OH is 1. The van der Waals surface area contributed by atoms with Crippen molar-refractivity contribution in [3.63, 3.8) is 0 Å². The molecule has 0 aromatic carbocycles. The summed E-state index contributed by atoms with van der Waals surface area (Å²) >= 11 is 0. The van der Waals surface area contributed by atoms with Crippen LogP contribution in [0.3, 0.4) is 0 Å². The van der Waals surface area contributed by atoms with E-state index in [4.69, 9.17) is 15.1 Å². The SMILES string of the molecule is CCc1nn(C)cc1C(C#N)OCCCO. The fourth-order valence-corrected chi connectivity index (χ4v) is 1.51. The Morgan fingerprint density at radius 3 is 3.00 bits per heavy atom. The highest BCUT2D eigenvalue weighted by molar-refractivity contribution is 5.24. The molecule has 0 bridgehead atoms. The molecule has 0 amide bonds. The molecule has 1 aromatic rings. The second kappa shape index (κ2) is 6.26. The summed E-state index contributed by atoms with van der Waals surface area (Å²) in [5, 5.41) is 21.9. The van der Waals surface area contributed by atoms with Crippen LogP contribution >= 0.6 is 0 Å². The minimum absolute atomic E-state index is 0.0752. The molecule has 0 saturated heterocycles. The van der Waals surface area contributed by atoms with Gasteiger partial charge in [0.05, 0.1) is 18.4 Å². The Morgan fingerprint density at radius 2 is 2.44 bits per heavy atom. The summed E-state index contributed by atoms with van der Waals surface area (Å²) < 4.78 is 7.09. The van der Waals surface area contributed by atoms with Crippen molar-refractivity contribution in [2.45, 2.75) is 25.9 Å². The third-order valence-electron chi connectivity index (χ3n) is 2.26. The molecule has 0 saturated carbocycles. The first-order valence-electron chi connectivity index (χ1n) is 5.37. The zero-order chi connectivity index (χ0) is 12.0. The van der Waals surface area contributed by atoms with E-state index in [2.05, 4.69) is 11.2 Å². The highest BCUT2D eigenvalue weighted by Crippen LogP contribution is 2.20. The van der Waals surface area contributed by atoms with Crippen molar-refractivity contribution in [2.75, 3.05) is 13.2 Å². The topological polar surface area (TPSA) is 71.1 Å². The normalized spacial score (nSPS) is 12.4. The van der Waals surface area contributed by atoms with E-state index >= 15 is 0 Å². The van der Waals surface area contributed by atoms with E-state index < -0.39 is 6.10 Å². The molecule has 1 heterocycles. The Hall–Kier alpha value is -1.38. The van der Waals surface area contributed by atoms with Crippen LogP contribution in [-0.4, -0.2) is 28.1 Å². The maximum Gasteiger partial charge on any atom is 0.172 e. The van der Waals surface area contributed by atoms with Crippen LogP contribution in [0.25, 0.3) is 0 Å². The highest BCUT2D eigenvalue weighted by Gasteiger charge is 2.17. The zero-order valence-corrected chi connectivity index (χ0v) is 9.68. The predicted octanol–water partition coefficient (Wildman–Crippen LogP) is 0.946. The van der Waals surface area contributed by atoms with Crippen molar-refractivity contribution in [2.24, 2.45) is 7.05 Å². The smallest absolute Gasteiger partial charge is 0.172 e. The van der Waals surface area contributed by atoms with Crippen LogP contribution in [-0.2, 0) is 18.2 Å². The second-order valence-electron chi connectivity index (χ2n) is 3.52. The molecular weight excluding hydrogens is 206 g/mol. The minimum Gasteiger partial charge on any atom is -0.396 e. The number of ether oxygens (including phenoxy) is 1. The van der Waals surface area contributed by atoms with E-state index in [-0.39, 0.29) is 6.61 Å². The summed E-state index contributed by atoms with van der Waals surface area (Å²) in [6.45, 7) is 2.45. The van der Waals surface area contributed by atoms with Crippen molar-refractivity contribution in [1.82, 2.24) is 9.78 Å². The van der Waals surface area contributed by atoms with Gasteiger partial charge in [0.2, 0.25) is 0 Å². The van der Waals surface area contributed by atoms with Crippen molar-refractivity contribution >= 4 is 0 Å². The van der Waals surface area contributed by atoms with Gasteiger partial charge in [-0.2, -0.15) is 10.4 Å². The lowest BCUT2D eigenvalue weighted by atomic mass is 10.1. The molecule has 0 radical (unpaired) electrons. The Balaban J connectivity index is 2.74. The van der Waals surface area contributed by atoms with Crippen LogP contribution in [0, 0.1) is 11.3 Å². The monoisotopic (exact) mass is 223 g/mol. The lowest BCUT2D eigenvalue weighted by molar-refractivity contribution is 0.0769. The lowest BCUT2D eigenvalue weighted by Crippen LogP contribution is -2.06. The number of hydrogen-bond acceptors (Lipinski definition) is 4. The van der Waals surface area contributed by atoms with E-state index in [1.54, 1.807) is 4.68 Å². The molecule has 1 N–H and O–H groups in total. The van der Waals surface area contributed by atoms with Crippen LogP contribution in [0.4, 0.5) is 0 Å². The molecule has 1 atom stereocenters. The van der Waals surface area contributed by atoms with Gasteiger partial charge in [0, 0.05) is 25.4 Å². The molecule has 0 fully saturated rings. The van der Waals surface area contributed by atoms with Crippen LogP contribution in [0.2, 0.25) is 0 Å². The van der Waals surface area contributed by atoms with Crippen LogP contribution in [0.1, 0.15) is 30.7 Å². The maximum absolute atomic E-state index is 9.03. The van der Waals surface area contributed by atoms with Gasteiger partial charge in [-0.3, -0.25) is 4.68 Å². The molecule has 88 valence electrons. The third-order valence-corrected chi connectivity index (χ3v) is 2.26. The van der Waals surface area contributed by atoms with Gasteiger partial charge in [0.1, 0.15) is 0 Å². The summed E-state index contributed by atoms with van der Waals surface area (Å²) in [5.41, 5.74) is 1.71. The van der Waals surface area contributed by atoms with Gasteiger partial charge >= 0.3 is 0 Å². The van der Waals surface area contributed by atoms with Crippen LogP contribution in [0.15, 0.2) is 6.20 Å². The minimum atomic E-state index is -0.588. The van der Waals surface area contributed by atoms with Gasteiger partial charge in [-0.1, -0.05) is 6.92 Å². The molecule has 1 aromatic heterocycles. The molecule has 1 unspecified atom stereocenters. The first kappa shape index (κ1) is 12.7. The summed E-state index contributed by atoms with van der Waals surface area (Å²) in [4.78, 5) is 0. The summed E-state index contributed by atoms with van der Waals surface area (Å²) in [6, 6.07) is 2.11. The zero-order valence-electron chi connectivity index (χ0n) is 9.68. The largest absolute Gasteiger partial charge is 0.396 e. The van der Waals surface area contributed by atoms with Gasteiger partial charge in [-0.25, -0.2) is 0 Å². The summed E-state index contributed by atoms with van der Waals surface area (Å²) in [5.74, 6) is 0. The maximum atomic E-state index is 9.03. The van der Waals surface area contributed by atoms with Crippen molar-refractivity contribution < 1.29 is 9.84 Å². The summed E-state index contributed by atoms with van der Waals surface area (Å²) in [6.07, 6.45) is 2.54. The average Bonchev–Trinajstić information content (AvgIpc) is 2.66. The molecule has 0 aliphatic rings. The van der Waals surface area contributed by atoms with E-state index in [0.717, 1.165) is 17.7 Å². The molecule has 0 spiro atoms. The number of nitriles is 1. The first-order valence-corrected chi connectivity index (χ1v) is 5.37. The van der Waals surface area contributed by atoms with Gasteiger partial charge < -0.3 is 9.84 Å². The van der Waals surface area contributed by atoms with Crippen molar-refractivity contribution in [3.05, 3.63) is 17.5 Å². The number of aryl methyl sites for hydroxylation is 2. The fraction of sp³-hybridized carbons (Fsp3) is 0.636. The average molecular weight is 223 g/mol. The first-order chi connectivity index (χ1) is 7.72. The van der Waals surface area contributed by atoms with Gasteiger partial charge in [-0.05, 0) is 12.8 Å². The Labute approximate surface area is 95.3 Å². The van der Waals surface area contributed by atoms with Gasteiger partial charge in [-0.15, -0.1) is 0 Å². The Bertz CT molecular complexity index is 368. The van der Waals surface area contributed by atoms with Gasteiger partial charge in [0.15, 0.2) is 6.10 Å². The van der Waals surface area contributed by atoms with E-state index in [0.29, 0.717) is 13.0 Å². The van der Waals surface area contributed by atoms with Crippen LogP contribution in [0.5, 0.6) is 0 Å². The number of aromatic nitrogens is 2. The molecule has 16 heavy (non-hydrogen) atoms. The number of rotatable bonds is 6. The Kier molecular flexibility index (Phi) is 4.96. The number of aliphatic hydroxyl groups is 1. The molecule has 0 aliphatic heterocycles. The quantitative estimate of drug-likeness (QED) is 0.729. The van der Waals surface area contributed by atoms with Crippen molar-refractivity contribution in [3.8, 4) is 6.07 Å². The fourth-order valence-electron chi connectivity index (χ4n) is 1.51. The molecule has 1 rings (SSSR count). The lowest BCUT2D eigenvalue weighted by Gasteiger charge is -2.09. The predicted molar refractivity (Wildman–Crippen MR) is 58.6 cm³/mol. The Morgan fingerprint density at radius 1 is 1.69 bits per heavy atom. The van der Waals surface area contributed by atoms with E-state index in [9.17, 15) is 0 Å². The standard InChI is InChI=1S/C11H17N3O2/c1-3-10-9(8-14(2)13-10)11(7-12)16-6-4-5-15/h8,11,15H,3-6H2,1-2H3. The van der Waals surface area contributed by atoms with E-state index in [1.165, 1.54) is 0 Å². The van der Waals surface area contributed by atoms with Crippen LogP contribution < -0.4 is 0 Å². The number of hydrogen-bond donors (Lipinski definition) is 1. The molecule has 5 nitrogen and oxygen atoms in total. The third kappa shape index (κ3) is 3.05. The molecular formula is C11H17N3O2. The second-order valence-corrected chi connectivity index (χ2v) is 3.52. The highest BCUT2D eigenvalue weighted by atomic mass is 16.5. The van der Waals surface area contributed by atoms with Gasteiger partial charge in [0.25, 0.3) is 0 Å².